The summed E-state index contributed by atoms with van der Waals surface area (Å²) >= 11 is 0. The lowest BCUT2D eigenvalue weighted by Crippen LogP contribution is -2.82. The third-order valence-corrected chi connectivity index (χ3v) is 8.44. The van der Waals surface area contributed by atoms with Gasteiger partial charge in [0.2, 0.25) is 0 Å². The van der Waals surface area contributed by atoms with Crippen LogP contribution in [0.1, 0.15) is 0 Å². The zero-order valence-electron chi connectivity index (χ0n) is 9.00. The molecule has 6 heteroatoms. The van der Waals surface area contributed by atoms with E-state index in [9.17, 15) is 0 Å². The van der Waals surface area contributed by atoms with Gasteiger partial charge in [-0.1, -0.05) is 19.6 Å². The highest BCUT2D eigenvalue weighted by molar-refractivity contribution is 6.88. The van der Waals surface area contributed by atoms with Crippen LogP contribution >= 0.6 is 0 Å². The minimum atomic E-state index is -1.79. The Balaban J connectivity index is 4.30. The Morgan fingerprint density at radius 2 is 1.08 bits per heavy atom. The van der Waals surface area contributed by atoms with Crippen LogP contribution in [0.5, 0.6) is 0 Å². The molecule has 4 nitrogen and oxygen atoms in total. The summed E-state index contributed by atoms with van der Waals surface area (Å²) in [5.74, 6) is 0. The summed E-state index contributed by atoms with van der Waals surface area (Å²) in [4.78, 5) is 9.94. The molecule has 0 aliphatic rings. The van der Waals surface area contributed by atoms with E-state index in [2.05, 4.69) is 39.2 Å². The molecule has 0 aliphatic heterocycles. The molecule has 0 aliphatic carbocycles. The zero-order chi connectivity index (χ0) is 9.83. The van der Waals surface area contributed by atoms with Crippen molar-refractivity contribution in [2.75, 3.05) is 21.1 Å². The van der Waals surface area contributed by atoms with Gasteiger partial charge in [0.1, 0.15) is 8.24 Å². The molecule has 0 spiro atoms. The van der Waals surface area contributed by atoms with Crippen molar-refractivity contribution in [1.82, 2.24) is 19.6 Å². The molecule has 4 N–H and O–H groups in total. The first-order valence-electron chi connectivity index (χ1n) is 4.25. The van der Waals surface area contributed by atoms with E-state index in [1.54, 1.807) is 0 Å². The molecular weight excluding hydrogens is 184 g/mol. The quantitative estimate of drug-likeness (QED) is 0.458. The second kappa shape index (κ2) is 4.49. The molecule has 0 unspecified atom stereocenters. The summed E-state index contributed by atoms with van der Waals surface area (Å²) < 4.78 is 3.66. The molecule has 12 heavy (non-hydrogen) atoms. The van der Waals surface area contributed by atoms with Gasteiger partial charge in [0.15, 0.2) is 0 Å². The van der Waals surface area contributed by atoms with Crippen LogP contribution in [0.15, 0.2) is 0 Å². The average molecular weight is 206 g/mol. The average Bonchev–Trinajstić information content (AvgIpc) is 1.99. The molecule has 0 radical (unpaired) electrons. The monoisotopic (exact) mass is 206 g/mol. The van der Waals surface area contributed by atoms with Crippen LogP contribution in [0.3, 0.4) is 0 Å². The van der Waals surface area contributed by atoms with Gasteiger partial charge in [0.25, 0.3) is 0 Å². The predicted molar refractivity (Wildman–Crippen MR) is 59.4 cm³/mol. The molecule has 0 amide bonds. The maximum Gasteiger partial charge on any atom is 0.358 e. The summed E-state index contributed by atoms with van der Waals surface area (Å²) in [5, 5.41) is 0. The third-order valence-electron chi connectivity index (χ3n) is 1.69. The van der Waals surface area contributed by atoms with Gasteiger partial charge in [-0.25, -0.2) is 0 Å². The fourth-order valence-electron chi connectivity index (χ4n) is 1.12. The van der Waals surface area contributed by atoms with Gasteiger partial charge in [-0.15, -0.1) is 0 Å². The van der Waals surface area contributed by atoms with Gasteiger partial charge < -0.3 is 19.6 Å². The Hall–Kier alpha value is 0.274. The summed E-state index contributed by atoms with van der Waals surface area (Å²) in [7, 11) is 2.91. The first-order valence-corrected chi connectivity index (χ1v) is 9.75. The molecule has 0 saturated heterocycles. The number of nitrogens with one attached hydrogen (secondary N) is 4. The number of hydrogen-bond donors (Lipinski definition) is 4. The van der Waals surface area contributed by atoms with Crippen LogP contribution in [0.25, 0.3) is 0 Å². The number of hydrogen-bond acceptors (Lipinski definition) is 4. The van der Waals surface area contributed by atoms with Crippen LogP contribution in [0.2, 0.25) is 19.6 Å². The van der Waals surface area contributed by atoms with E-state index in [-0.39, 0.29) is 0 Å². The molecule has 0 rings (SSSR count). The molecular formula is C6H22N4Si2. The molecule has 0 aromatic heterocycles. The molecule has 0 bridgehead atoms. The van der Waals surface area contributed by atoms with E-state index in [4.69, 9.17) is 0 Å². The minimum absolute atomic E-state index is 1.23. The Labute approximate surface area is 77.9 Å². The van der Waals surface area contributed by atoms with E-state index >= 15 is 0 Å². The first-order chi connectivity index (χ1) is 5.39. The van der Waals surface area contributed by atoms with Crippen LogP contribution in [0, 0.1) is 0 Å². The van der Waals surface area contributed by atoms with Crippen molar-refractivity contribution in [2.24, 2.45) is 0 Å². The van der Waals surface area contributed by atoms with Crippen molar-refractivity contribution in [3.8, 4) is 0 Å². The van der Waals surface area contributed by atoms with Gasteiger partial charge >= 0.3 is 8.72 Å². The Morgan fingerprint density at radius 3 is 1.17 bits per heavy atom. The SMILES string of the molecule is CN[Si](NC)(NC)N[Si](C)(C)C. The first kappa shape index (κ1) is 12.3. The van der Waals surface area contributed by atoms with Gasteiger partial charge in [0, 0.05) is 0 Å². The van der Waals surface area contributed by atoms with Gasteiger partial charge in [-0.3, -0.25) is 0 Å². The minimum Gasteiger partial charge on any atom is -0.322 e. The van der Waals surface area contributed by atoms with E-state index in [0.717, 1.165) is 0 Å². The summed E-state index contributed by atoms with van der Waals surface area (Å²) in [6.07, 6.45) is 0. The van der Waals surface area contributed by atoms with E-state index in [1.165, 1.54) is 0 Å². The van der Waals surface area contributed by atoms with Crippen molar-refractivity contribution in [1.29, 1.82) is 0 Å². The summed E-state index contributed by atoms with van der Waals surface area (Å²) in [6.45, 7) is 6.88. The lowest BCUT2D eigenvalue weighted by molar-refractivity contribution is 0.870. The second-order valence-corrected chi connectivity index (χ2v) is 12.4. The van der Waals surface area contributed by atoms with Crippen molar-refractivity contribution >= 4 is 17.0 Å². The van der Waals surface area contributed by atoms with Crippen molar-refractivity contribution in [3.63, 3.8) is 0 Å². The zero-order valence-corrected chi connectivity index (χ0v) is 11.0. The number of rotatable bonds is 5. The summed E-state index contributed by atoms with van der Waals surface area (Å²) in [6, 6.07) is 0. The maximum atomic E-state index is 3.66. The van der Waals surface area contributed by atoms with Gasteiger partial charge in [0.05, 0.1) is 0 Å². The third kappa shape index (κ3) is 3.79. The standard InChI is InChI=1S/C6H22N4Si2/c1-7-12(8-2,9-3)10-11(4,5)6/h7-10H,1-6H3. The summed E-state index contributed by atoms with van der Waals surface area (Å²) in [5.41, 5.74) is 0. The van der Waals surface area contributed by atoms with Crippen molar-refractivity contribution in [3.05, 3.63) is 0 Å². The fourth-order valence-corrected chi connectivity index (χ4v) is 7.88. The second-order valence-electron chi connectivity index (χ2n) is 3.88. The molecule has 0 heterocycles. The van der Waals surface area contributed by atoms with Crippen molar-refractivity contribution in [2.45, 2.75) is 19.6 Å². The molecule has 0 fully saturated rings. The lowest BCUT2D eigenvalue weighted by atomic mass is 11.6. The Bertz CT molecular complexity index is 122. The Kier molecular flexibility index (Phi) is 4.60. The van der Waals surface area contributed by atoms with Crippen LogP contribution in [-0.4, -0.2) is 38.1 Å². The molecule has 0 aromatic carbocycles. The lowest BCUT2D eigenvalue weighted by Gasteiger charge is -2.35. The van der Waals surface area contributed by atoms with E-state index in [0.29, 0.717) is 0 Å². The molecule has 0 atom stereocenters. The van der Waals surface area contributed by atoms with E-state index in [1.807, 2.05) is 21.1 Å². The largest absolute Gasteiger partial charge is 0.358 e. The highest BCUT2D eigenvalue weighted by atomic mass is 28.4. The molecule has 74 valence electrons. The Morgan fingerprint density at radius 1 is 0.750 bits per heavy atom. The van der Waals surface area contributed by atoms with Crippen LogP contribution in [0.4, 0.5) is 0 Å². The maximum absolute atomic E-state index is 3.66. The fraction of sp³-hybridized carbons (Fsp3) is 1.00. The smallest absolute Gasteiger partial charge is 0.322 e. The molecule has 0 saturated carbocycles. The normalized spacial score (nSPS) is 13.5. The van der Waals surface area contributed by atoms with E-state index < -0.39 is 17.0 Å². The van der Waals surface area contributed by atoms with Crippen molar-refractivity contribution < 1.29 is 0 Å². The van der Waals surface area contributed by atoms with Crippen LogP contribution in [-0.2, 0) is 0 Å². The molecule has 0 aromatic rings. The topological polar surface area (TPSA) is 48.1 Å². The van der Waals surface area contributed by atoms with Crippen LogP contribution < -0.4 is 19.6 Å². The van der Waals surface area contributed by atoms with Gasteiger partial charge in [-0.2, -0.15) is 0 Å². The van der Waals surface area contributed by atoms with Gasteiger partial charge in [-0.05, 0) is 21.1 Å². The highest BCUT2D eigenvalue weighted by Gasteiger charge is 2.34. The predicted octanol–water partition coefficient (Wildman–Crippen LogP) is -0.495. The highest BCUT2D eigenvalue weighted by Crippen LogP contribution is 1.96.